The second-order valence-electron chi connectivity index (χ2n) is 7.37. The Labute approximate surface area is 185 Å². The number of hydrogen-bond donors (Lipinski definition) is 2. The number of nitrogens with zero attached hydrogens (tertiary/aromatic N) is 1. The maximum Gasteiger partial charge on any atom is 0.430 e. The number of aliphatic carboxylic acids is 1. The van der Waals surface area contributed by atoms with Gasteiger partial charge < -0.3 is 10.2 Å². The van der Waals surface area contributed by atoms with Gasteiger partial charge in [-0.1, -0.05) is 12.1 Å². The summed E-state index contributed by atoms with van der Waals surface area (Å²) < 4.78 is 107. The van der Waals surface area contributed by atoms with Crippen molar-refractivity contribution in [1.29, 1.82) is 0 Å². The van der Waals surface area contributed by atoms with E-state index >= 15 is 0 Å². The molecule has 1 unspecified atom stereocenters. The summed E-state index contributed by atoms with van der Waals surface area (Å²) >= 11 is 0. The minimum absolute atomic E-state index is 0.0470. The molecule has 0 fully saturated rings. The Morgan fingerprint density at radius 1 is 1.03 bits per heavy atom. The number of halogens is 7. The highest BCUT2D eigenvalue weighted by atomic mass is 32.2. The number of fused-ring (bicyclic) bond motifs is 1. The minimum atomic E-state index is -6.07. The summed E-state index contributed by atoms with van der Waals surface area (Å²) in [7, 11) is -2.15. The van der Waals surface area contributed by atoms with E-state index < -0.39 is 58.8 Å². The number of rotatable bonds is 5. The lowest BCUT2D eigenvalue weighted by Gasteiger charge is -2.38. The van der Waals surface area contributed by atoms with Crippen LogP contribution in [-0.2, 0) is 27.8 Å². The molecule has 0 bridgehead atoms. The van der Waals surface area contributed by atoms with E-state index in [0.717, 1.165) is 34.6 Å². The molecule has 0 saturated heterocycles. The second kappa shape index (κ2) is 8.60. The first-order chi connectivity index (χ1) is 15.2. The van der Waals surface area contributed by atoms with E-state index in [0.29, 0.717) is 12.1 Å². The van der Waals surface area contributed by atoms with Crippen LogP contribution in [0, 0.1) is 5.82 Å². The molecular weight excluding hydrogens is 483 g/mol. The Balaban J connectivity index is 2.13. The average Bonchev–Trinajstić information content (AvgIpc) is 2.70. The fraction of sp³-hybridized carbons (Fsp3) is 0.350. The summed E-state index contributed by atoms with van der Waals surface area (Å²) in [6.45, 7) is 0. The molecule has 180 valence electrons. The molecule has 2 N–H and O–H groups in total. The summed E-state index contributed by atoms with van der Waals surface area (Å²) in [5.41, 5.74) is -6.74. The molecular formula is C20H16F7NO4S. The number of carbonyl (C=O) groups is 1. The summed E-state index contributed by atoms with van der Waals surface area (Å²) in [5.74, 6) is -1.90. The topological polar surface area (TPSA) is 77.8 Å². The van der Waals surface area contributed by atoms with Gasteiger partial charge in [-0.15, -0.1) is 0 Å². The van der Waals surface area contributed by atoms with Gasteiger partial charge in [-0.3, -0.25) is 9.10 Å². The van der Waals surface area contributed by atoms with Gasteiger partial charge in [-0.05, 0) is 48.7 Å². The number of anilines is 1. The molecule has 2 aromatic carbocycles. The zero-order valence-corrected chi connectivity index (χ0v) is 17.3. The van der Waals surface area contributed by atoms with Gasteiger partial charge in [0, 0.05) is 5.56 Å². The maximum atomic E-state index is 13.3. The van der Waals surface area contributed by atoms with Crippen LogP contribution in [0.25, 0.3) is 0 Å². The first-order valence-corrected chi connectivity index (χ1v) is 10.4. The molecule has 1 aliphatic heterocycles. The Bertz CT molecular complexity index is 1060. The van der Waals surface area contributed by atoms with Crippen LogP contribution >= 0.6 is 0 Å². The quantitative estimate of drug-likeness (QED) is 0.596. The van der Waals surface area contributed by atoms with Crippen LogP contribution in [0.4, 0.5) is 36.4 Å². The predicted molar refractivity (Wildman–Crippen MR) is 102 cm³/mol. The van der Waals surface area contributed by atoms with Crippen molar-refractivity contribution in [2.24, 2.45) is 0 Å². The van der Waals surface area contributed by atoms with E-state index in [2.05, 4.69) is 0 Å². The molecule has 33 heavy (non-hydrogen) atoms. The zero-order valence-electron chi connectivity index (χ0n) is 16.5. The lowest BCUT2D eigenvalue weighted by atomic mass is 9.87. The molecule has 0 amide bonds. The maximum absolute atomic E-state index is 13.3. The van der Waals surface area contributed by atoms with Crippen molar-refractivity contribution in [3.05, 3.63) is 59.4 Å². The lowest BCUT2D eigenvalue weighted by Crippen LogP contribution is -2.54. The van der Waals surface area contributed by atoms with Crippen LogP contribution in [0.15, 0.2) is 47.4 Å². The third-order valence-corrected chi connectivity index (χ3v) is 6.77. The van der Waals surface area contributed by atoms with Gasteiger partial charge in [-0.2, -0.15) is 26.3 Å². The van der Waals surface area contributed by atoms with Crippen molar-refractivity contribution in [2.45, 2.75) is 48.2 Å². The van der Waals surface area contributed by atoms with Gasteiger partial charge >= 0.3 is 18.3 Å². The van der Waals surface area contributed by atoms with Crippen LogP contribution in [0.3, 0.4) is 0 Å². The second-order valence-corrected chi connectivity index (χ2v) is 8.73. The highest BCUT2D eigenvalue weighted by molar-refractivity contribution is 7.86. The van der Waals surface area contributed by atoms with Crippen molar-refractivity contribution >= 4 is 22.6 Å². The van der Waals surface area contributed by atoms with Crippen LogP contribution in [-0.4, -0.2) is 38.8 Å². The van der Waals surface area contributed by atoms with Crippen LogP contribution in [0.5, 0.6) is 0 Å². The normalized spacial score (nSPS) is 18.1. The van der Waals surface area contributed by atoms with Gasteiger partial charge in [0.05, 0.1) is 23.0 Å². The highest BCUT2D eigenvalue weighted by Crippen LogP contribution is 2.51. The van der Waals surface area contributed by atoms with E-state index in [-0.39, 0.29) is 29.0 Å². The number of carboxylic acids is 1. The highest BCUT2D eigenvalue weighted by Gasteiger charge is 2.71. The standard InChI is InChI=1S/C20H16F7NO4S/c21-13-3-6-15(7-4-13)33(32)28-14(10-17(29)30)5-1-11-9-12(2-8-16(11)28)18(31,19(22,23)24)20(25,26)27/h2-4,6-9,14,31H,1,5,10H2,(H,29,30)/t14-,33?/m0/s1. The monoisotopic (exact) mass is 499 g/mol. The van der Waals surface area contributed by atoms with Crippen molar-refractivity contribution in [1.82, 2.24) is 0 Å². The number of benzene rings is 2. The van der Waals surface area contributed by atoms with E-state index in [1.807, 2.05) is 0 Å². The van der Waals surface area contributed by atoms with E-state index in [1.165, 1.54) is 0 Å². The fourth-order valence-corrected chi connectivity index (χ4v) is 5.03. The average molecular weight is 499 g/mol. The van der Waals surface area contributed by atoms with E-state index in [9.17, 15) is 49.9 Å². The number of hydrogen-bond acceptors (Lipinski definition) is 3. The minimum Gasteiger partial charge on any atom is -0.481 e. The van der Waals surface area contributed by atoms with Crippen LogP contribution < -0.4 is 4.31 Å². The Morgan fingerprint density at radius 3 is 2.12 bits per heavy atom. The van der Waals surface area contributed by atoms with Crippen LogP contribution in [0.1, 0.15) is 24.0 Å². The number of alkyl halides is 6. The first kappa shape index (κ1) is 25.0. The summed E-state index contributed by atoms with van der Waals surface area (Å²) in [6.07, 6.45) is -12.8. The smallest absolute Gasteiger partial charge is 0.430 e. The third kappa shape index (κ3) is 4.56. The molecule has 1 heterocycles. The molecule has 13 heteroatoms. The molecule has 2 aromatic rings. The zero-order chi connectivity index (χ0) is 24.8. The van der Waals surface area contributed by atoms with Crippen LogP contribution in [0.2, 0.25) is 0 Å². The molecule has 5 nitrogen and oxygen atoms in total. The molecule has 0 aromatic heterocycles. The van der Waals surface area contributed by atoms with Gasteiger partial charge in [0.1, 0.15) is 5.82 Å². The largest absolute Gasteiger partial charge is 0.481 e. The van der Waals surface area contributed by atoms with Crippen molar-refractivity contribution < 1.29 is 49.9 Å². The molecule has 0 saturated carbocycles. The number of carboxylic acid groups (broad SMARTS) is 1. The predicted octanol–water partition coefficient (Wildman–Crippen LogP) is 4.46. The van der Waals surface area contributed by atoms with Crippen molar-refractivity contribution in [2.75, 3.05) is 4.31 Å². The summed E-state index contributed by atoms with van der Waals surface area (Å²) in [4.78, 5) is 11.3. The number of aliphatic hydroxyl groups is 1. The molecule has 0 radical (unpaired) electrons. The van der Waals surface area contributed by atoms with E-state index in [4.69, 9.17) is 0 Å². The fourth-order valence-electron chi connectivity index (χ4n) is 3.63. The van der Waals surface area contributed by atoms with E-state index in [1.54, 1.807) is 0 Å². The molecule has 1 aliphatic rings. The molecule has 2 atom stereocenters. The molecule has 0 spiro atoms. The van der Waals surface area contributed by atoms with Crippen molar-refractivity contribution in [3.63, 3.8) is 0 Å². The lowest BCUT2D eigenvalue weighted by molar-refractivity contribution is -0.376. The Hall–Kier alpha value is -2.67. The van der Waals surface area contributed by atoms with Crippen molar-refractivity contribution in [3.8, 4) is 0 Å². The SMILES string of the molecule is O=C(O)C[C@@H]1CCc2cc(C(O)(C(F)(F)F)C(F)(F)F)ccc2N1S(=O)c1ccc(F)cc1. The summed E-state index contributed by atoms with van der Waals surface area (Å²) in [5, 5.41) is 18.9. The Morgan fingerprint density at radius 2 is 1.61 bits per heavy atom. The number of aryl methyl sites for hydroxylation is 1. The third-order valence-electron chi connectivity index (χ3n) is 5.24. The molecule has 3 rings (SSSR count). The van der Waals surface area contributed by atoms with Gasteiger partial charge in [0.2, 0.25) is 0 Å². The van der Waals surface area contributed by atoms with Gasteiger partial charge in [-0.25, -0.2) is 8.60 Å². The van der Waals surface area contributed by atoms with Gasteiger partial charge in [0.25, 0.3) is 5.60 Å². The molecule has 0 aliphatic carbocycles. The summed E-state index contributed by atoms with van der Waals surface area (Å²) in [6, 6.07) is 5.20. The van der Waals surface area contributed by atoms with Gasteiger partial charge in [0.15, 0.2) is 11.0 Å². The Kier molecular flexibility index (Phi) is 6.50. The first-order valence-electron chi connectivity index (χ1n) is 9.34.